The number of allylic oxidation sites excluding steroid dienone is 6. The minimum absolute atomic E-state index is 0. The summed E-state index contributed by atoms with van der Waals surface area (Å²) >= 11 is 0. The summed E-state index contributed by atoms with van der Waals surface area (Å²) in [6.07, 6.45) is 6.36. The Hall–Kier alpha value is -4.14. The molecule has 2 heteroatoms. The Bertz CT molecular complexity index is 3910. The summed E-state index contributed by atoms with van der Waals surface area (Å²) in [5, 5.41) is 0. The van der Waals surface area contributed by atoms with E-state index < -0.39 is 0 Å². The fourth-order valence-corrected chi connectivity index (χ4v) is 14.0. The topological polar surface area (TPSA) is 0 Å². The molecule has 0 saturated heterocycles. The normalized spacial score (nSPS) is 17.6. The van der Waals surface area contributed by atoms with E-state index in [2.05, 4.69) is 343 Å². The maximum absolute atomic E-state index is 4.21. The van der Waals surface area contributed by atoms with Gasteiger partial charge < -0.3 is 11.8 Å². The van der Waals surface area contributed by atoms with Crippen molar-refractivity contribution >= 4 is 11.1 Å². The van der Waals surface area contributed by atoms with Gasteiger partial charge in [-0.3, -0.25) is 0 Å². The molecular formula is C95H130U2-2. The summed E-state index contributed by atoms with van der Waals surface area (Å²) in [7, 11) is 0. The second-order valence-electron chi connectivity index (χ2n) is 37.2. The van der Waals surface area contributed by atoms with Crippen molar-refractivity contribution < 1.29 is 62.2 Å². The zero-order valence-electron chi connectivity index (χ0n) is 65.9. The van der Waals surface area contributed by atoms with Crippen LogP contribution in [0.25, 0.3) is 11.1 Å². The fourth-order valence-electron chi connectivity index (χ4n) is 14.0. The van der Waals surface area contributed by atoms with Crippen LogP contribution in [-0.2, 0) is 92.7 Å². The number of rotatable bonds is 0. The van der Waals surface area contributed by atoms with E-state index in [4.69, 9.17) is 0 Å². The van der Waals surface area contributed by atoms with Gasteiger partial charge in [0.2, 0.25) is 0 Å². The molecule has 0 spiro atoms. The molecule has 0 aromatic heterocycles. The molecule has 0 saturated carbocycles. The van der Waals surface area contributed by atoms with Crippen molar-refractivity contribution in [3.8, 4) is 0 Å². The zero-order valence-corrected chi connectivity index (χ0v) is 74.2. The predicted molar refractivity (Wildman–Crippen MR) is 424 cm³/mol. The third-order valence-corrected chi connectivity index (χ3v) is 22.5. The summed E-state index contributed by atoms with van der Waals surface area (Å²) in [6.45, 7) is 88.5. The van der Waals surface area contributed by atoms with Crippen LogP contribution in [0, 0.1) is 74.1 Å². The molecule has 0 heterocycles. The van der Waals surface area contributed by atoms with Crippen molar-refractivity contribution in [2.45, 2.75) is 294 Å². The van der Waals surface area contributed by atoms with Gasteiger partial charge in [0.05, 0.1) is 0 Å². The first-order valence-corrected chi connectivity index (χ1v) is 35.3. The standard InChI is InChI=1S/C16H23.C16H22.C16H23.C16H22.2C15H18.CH4.2U/c2*1-11-9-12-10-13(15(2,3)4)7-8-14(12)16(11,5)6;2*1-11-9-12-7-8-13(15(2,3)4)10-14(12)16(11,5)6;1-10-8-12-9-13(15(3,4)5)6-7-14(12)11(10)2;1-10-8-12-6-7-13(15(3,4)5)9-14(12)11(10)2;;;/h7-8,10H,9H2,1-6H3;7-8,10H,1,9H2,2-6H3;7-8,10H,9H2,1-6H3;7-8,10H,1,9H2,2-6H3;2*6-7,9H,1-2,8H2,3-5H3;1H4;;/q-1;;-1;;;;;;. The maximum atomic E-state index is 4.21. The van der Waals surface area contributed by atoms with Crippen LogP contribution in [0.2, 0.25) is 0 Å². The molecule has 0 unspecified atom stereocenters. The van der Waals surface area contributed by atoms with Gasteiger partial charge in [-0.2, -0.15) is 26.7 Å². The minimum atomic E-state index is 0. The van der Waals surface area contributed by atoms with Crippen LogP contribution >= 0.6 is 0 Å². The average molecular weight is 1750 g/mol. The Balaban J connectivity index is 0.000000246. The van der Waals surface area contributed by atoms with Gasteiger partial charge in [-0.05, 0) is 158 Å². The Morgan fingerprint density at radius 1 is 0.299 bits per heavy atom. The third-order valence-electron chi connectivity index (χ3n) is 22.5. The van der Waals surface area contributed by atoms with Gasteiger partial charge in [0.1, 0.15) is 0 Å². The molecule has 6 aromatic carbocycles. The van der Waals surface area contributed by atoms with Gasteiger partial charge in [0.25, 0.3) is 0 Å². The van der Waals surface area contributed by atoms with Crippen LogP contribution in [0.5, 0.6) is 0 Å². The molecule has 0 N–H and O–H groups in total. The molecule has 12 rings (SSSR count). The largest absolute Gasteiger partial charge is 0.303 e. The molecule has 0 radical (unpaired) electrons. The van der Waals surface area contributed by atoms with Crippen LogP contribution in [0.15, 0.2) is 171 Å². The summed E-state index contributed by atoms with van der Waals surface area (Å²) in [5.74, 6) is 3.18. The Kier molecular flexibility index (Phi) is 26.8. The molecule has 6 aromatic rings. The van der Waals surface area contributed by atoms with E-state index in [9.17, 15) is 0 Å². The Labute approximate surface area is 644 Å². The smallest absolute Gasteiger partial charge is 0.0109 e. The molecule has 520 valence electrons. The van der Waals surface area contributed by atoms with E-state index in [1.54, 1.807) is 11.8 Å². The first-order valence-electron chi connectivity index (χ1n) is 35.3. The second kappa shape index (κ2) is 30.4. The Morgan fingerprint density at radius 2 is 0.608 bits per heavy atom. The fraction of sp³-hybridized carbons (Fsp3) is 0.474. The molecule has 0 atom stereocenters. The van der Waals surface area contributed by atoms with Crippen molar-refractivity contribution in [2.75, 3.05) is 0 Å². The first-order chi connectivity index (χ1) is 42.7. The summed E-state index contributed by atoms with van der Waals surface area (Å²) in [4.78, 5) is 0. The maximum Gasteiger partial charge on any atom is 0.0109 e. The van der Waals surface area contributed by atoms with Gasteiger partial charge in [-0.25, -0.2) is 0 Å². The molecule has 0 fully saturated rings. The average Bonchev–Trinajstić information content (AvgIpc) is 1.65. The second-order valence-corrected chi connectivity index (χ2v) is 37.2. The number of hydrogen-bond acceptors (Lipinski definition) is 0. The van der Waals surface area contributed by atoms with E-state index in [-0.39, 0.29) is 124 Å². The zero-order chi connectivity index (χ0) is 71.0. The van der Waals surface area contributed by atoms with Crippen LogP contribution in [0.3, 0.4) is 0 Å². The van der Waals surface area contributed by atoms with Gasteiger partial charge in [-0.15, -0.1) is 10.8 Å². The summed E-state index contributed by atoms with van der Waals surface area (Å²) < 4.78 is 0. The van der Waals surface area contributed by atoms with E-state index >= 15 is 0 Å². The monoisotopic (exact) mass is 1750 g/mol. The van der Waals surface area contributed by atoms with Crippen molar-refractivity contribution in [3.63, 3.8) is 0 Å². The minimum Gasteiger partial charge on any atom is -0.303 e. The number of benzene rings is 6. The molecule has 6 aliphatic carbocycles. The third kappa shape index (κ3) is 18.9. The SMILES string of the molecule is C.C=C1Cc2cc(C(C)(C)C)ccc2C1(C)C.C=C1Cc2cc(C(C)(C)C)ccc2C1=C.C=C1Cc2ccc(C(C)(C)C)cc2C1(C)C.C=C1Cc2ccc(C(C)(C)C)cc2C1=C.C[C-]1Cc2cc(C(C)(C)C)ccc2C1(C)C.C[C-]1Cc2ccc(C(C)(C)C)cc2C1(C)C.[U].[U]. The molecule has 6 aliphatic rings. The first kappa shape index (κ1) is 85.3. The Morgan fingerprint density at radius 3 is 1.07 bits per heavy atom. The van der Waals surface area contributed by atoms with Crippen LogP contribution in [0.1, 0.15) is 301 Å². The van der Waals surface area contributed by atoms with E-state index in [1.807, 2.05) is 0 Å². The van der Waals surface area contributed by atoms with E-state index in [1.165, 1.54) is 111 Å². The van der Waals surface area contributed by atoms with Crippen LogP contribution in [0.4, 0.5) is 0 Å². The van der Waals surface area contributed by atoms with E-state index in [0.717, 1.165) is 60.8 Å². The van der Waals surface area contributed by atoms with Crippen molar-refractivity contribution in [1.82, 2.24) is 0 Å². The molecule has 0 amide bonds. The molecular weight excluding hydrogens is 1620 g/mol. The van der Waals surface area contributed by atoms with Gasteiger partial charge in [0, 0.05) is 73.1 Å². The number of fused-ring (bicyclic) bond motifs is 6. The summed E-state index contributed by atoms with van der Waals surface area (Å²) in [5.41, 5.74) is 35.4. The van der Waals surface area contributed by atoms with Gasteiger partial charge in [-0.1, -0.05) is 370 Å². The number of hydrogen-bond donors (Lipinski definition) is 0. The van der Waals surface area contributed by atoms with Crippen LogP contribution < -0.4 is 0 Å². The predicted octanol–water partition coefficient (Wildman–Crippen LogP) is 26.4. The quantitative estimate of drug-likeness (QED) is 0.105. The van der Waals surface area contributed by atoms with Crippen molar-refractivity contribution in [2.24, 2.45) is 0 Å². The molecule has 0 nitrogen and oxygen atoms in total. The van der Waals surface area contributed by atoms with Crippen molar-refractivity contribution in [1.29, 1.82) is 0 Å². The molecule has 0 bridgehead atoms. The van der Waals surface area contributed by atoms with E-state index in [0.29, 0.717) is 0 Å². The summed E-state index contributed by atoms with van der Waals surface area (Å²) in [6, 6.07) is 41.4. The van der Waals surface area contributed by atoms with Crippen molar-refractivity contribution in [3.05, 3.63) is 283 Å². The van der Waals surface area contributed by atoms with Crippen LogP contribution in [-0.4, -0.2) is 0 Å². The van der Waals surface area contributed by atoms with Gasteiger partial charge in [0.15, 0.2) is 0 Å². The van der Waals surface area contributed by atoms with Gasteiger partial charge >= 0.3 is 0 Å². The molecule has 97 heavy (non-hydrogen) atoms. The molecule has 0 aliphatic heterocycles.